The van der Waals surface area contributed by atoms with Crippen LogP contribution in [0.25, 0.3) is 21.8 Å². The minimum atomic E-state index is -0.461. The number of amides is 1. The highest BCUT2D eigenvalue weighted by Crippen LogP contribution is 2.27. The van der Waals surface area contributed by atoms with E-state index in [1.807, 2.05) is 12.1 Å². The second-order valence-corrected chi connectivity index (χ2v) is 7.64. The molecule has 1 aromatic heterocycles. The summed E-state index contributed by atoms with van der Waals surface area (Å²) in [6.07, 6.45) is 1.35. The van der Waals surface area contributed by atoms with Gasteiger partial charge >= 0.3 is 0 Å². The minimum Gasteiger partial charge on any atom is -0.372 e. The number of hydrogen-bond acceptors (Lipinski definition) is 6. The molecule has 166 valence electrons. The van der Waals surface area contributed by atoms with E-state index in [1.165, 1.54) is 12.3 Å². The van der Waals surface area contributed by atoms with Crippen molar-refractivity contribution in [3.63, 3.8) is 0 Å². The van der Waals surface area contributed by atoms with Gasteiger partial charge in [-0.15, -0.1) is 0 Å². The van der Waals surface area contributed by atoms with Crippen molar-refractivity contribution >= 4 is 45.3 Å². The Morgan fingerprint density at radius 1 is 1.06 bits per heavy atom. The maximum absolute atomic E-state index is 12.8. The van der Waals surface area contributed by atoms with Crippen LogP contribution < -0.4 is 15.8 Å². The number of nitro groups is 1. The predicted molar refractivity (Wildman–Crippen MR) is 129 cm³/mol. The lowest BCUT2D eigenvalue weighted by atomic mass is 10.1. The summed E-state index contributed by atoms with van der Waals surface area (Å²) in [5.41, 5.74) is 4.57. The molecule has 0 aliphatic heterocycles. The molecule has 9 nitrogen and oxygen atoms in total. The number of pyridine rings is 1. The molecule has 3 aromatic carbocycles. The Hall–Kier alpha value is -4.53. The van der Waals surface area contributed by atoms with Crippen LogP contribution in [0.1, 0.15) is 5.56 Å². The molecule has 0 radical (unpaired) electrons. The van der Waals surface area contributed by atoms with Crippen LogP contribution in [0.4, 0.5) is 11.4 Å². The van der Waals surface area contributed by atoms with Crippen LogP contribution in [-0.4, -0.2) is 35.7 Å². The quantitative estimate of drug-likeness (QED) is 0.213. The lowest BCUT2D eigenvalue weighted by Crippen LogP contribution is -2.25. The smallest absolute Gasteiger partial charge is 0.293 e. The van der Waals surface area contributed by atoms with Crippen LogP contribution in [0.3, 0.4) is 0 Å². The average Bonchev–Trinajstić information content (AvgIpc) is 2.81. The Balaban J connectivity index is 1.60. The number of hydrazone groups is 1. The van der Waals surface area contributed by atoms with Crippen molar-refractivity contribution in [1.29, 1.82) is 0 Å². The first-order chi connectivity index (χ1) is 15.9. The molecule has 0 atom stereocenters. The highest BCUT2D eigenvalue weighted by Gasteiger charge is 2.16. The first-order valence-electron chi connectivity index (χ1n) is 10.1. The first-order valence-corrected chi connectivity index (χ1v) is 10.1. The summed E-state index contributed by atoms with van der Waals surface area (Å²) in [7, 11) is 3.45. The number of anilines is 1. The second kappa shape index (κ2) is 8.91. The molecule has 4 rings (SSSR count). The van der Waals surface area contributed by atoms with Crippen molar-refractivity contribution in [3.8, 4) is 0 Å². The number of para-hydroxylation sites is 2. The average molecular weight is 443 g/mol. The summed E-state index contributed by atoms with van der Waals surface area (Å²) in [5.74, 6) is -0.399. The van der Waals surface area contributed by atoms with Gasteiger partial charge in [0.2, 0.25) is 0 Å². The Bertz CT molecular complexity index is 1410. The number of benzene rings is 3. The molecular formula is C24H21N5O4. The van der Waals surface area contributed by atoms with Crippen molar-refractivity contribution in [1.82, 2.24) is 9.99 Å². The highest BCUT2D eigenvalue weighted by atomic mass is 16.6. The molecule has 0 saturated heterocycles. The summed E-state index contributed by atoms with van der Waals surface area (Å²) >= 11 is 0. The van der Waals surface area contributed by atoms with E-state index in [0.29, 0.717) is 33.1 Å². The van der Waals surface area contributed by atoms with E-state index in [1.54, 1.807) is 72.1 Å². The van der Waals surface area contributed by atoms with E-state index in [4.69, 9.17) is 0 Å². The number of aromatic nitrogens is 1. The molecule has 1 amide bonds. The molecule has 0 aliphatic rings. The van der Waals surface area contributed by atoms with Crippen molar-refractivity contribution in [2.45, 2.75) is 6.54 Å². The van der Waals surface area contributed by atoms with Gasteiger partial charge in [-0.25, -0.2) is 5.43 Å². The zero-order valence-corrected chi connectivity index (χ0v) is 18.1. The third-order valence-electron chi connectivity index (χ3n) is 5.26. The van der Waals surface area contributed by atoms with Gasteiger partial charge in [0.05, 0.1) is 22.2 Å². The summed E-state index contributed by atoms with van der Waals surface area (Å²) in [4.78, 5) is 38.0. The van der Waals surface area contributed by atoms with Crippen LogP contribution >= 0.6 is 0 Å². The number of hydrogen-bond donors (Lipinski definition) is 1. The number of nitrogens with zero attached hydrogens (tertiary/aromatic N) is 4. The predicted octanol–water partition coefficient (Wildman–Crippen LogP) is 3.28. The van der Waals surface area contributed by atoms with Crippen molar-refractivity contribution in [3.05, 3.63) is 92.6 Å². The molecular weight excluding hydrogens is 422 g/mol. The number of carbonyl (C=O) groups excluding carboxylic acids is 1. The standard InChI is InChI=1S/C24H21N5O4/c1-27(2)21-12-11-16(13-22(21)29(32)33)14-25-26-23(30)15-28-19-9-5-3-7-17(19)24(31)18-8-4-6-10-20(18)28/h3-14H,15H2,1-2H3,(H,26,30). The van der Waals surface area contributed by atoms with Gasteiger partial charge in [0.25, 0.3) is 11.6 Å². The highest BCUT2D eigenvalue weighted by molar-refractivity contribution is 5.95. The van der Waals surface area contributed by atoms with Gasteiger partial charge in [0, 0.05) is 36.5 Å². The fraction of sp³-hybridized carbons (Fsp3) is 0.125. The summed E-state index contributed by atoms with van der Waals surface area (Å²) < 4.78 is 1.77. The maximum atomic E-state index is 12.8. The third kappa shape index (κ3) is 4.29. The summed E-state index contributed by atoms with van der Waals surface area (Å²) in [6.45, 7) is -0.0572. The van der Waals surface area contributed by atoms with Crippen molar-refractivity contribution in [2.75, 3.05) is 19.0 Å². The Kier molecular flexibility index (Phi) is 5.86. The van der Waals surface area contributed by atoms with E-state index in [0.717, 1.165) is 0 Å². The van der Waals surface area contributed by atoms with E-state index in [2.05, 4.69) is 10.5 Å². The number of rotatable bonds is 6. The number of nitro benzene ring substituents is 1. The lowest BCUT2D eigenvalue weighted by Gasteiger charge is -2.14. The molecule has 9 heteroatoms. The van der Waals surface area contributed by atoms with Crippen molar-refractivity contribution < 1.29 is 9.72 Å². The van der Waals surface area contributed by atoms with Gasteiger partial charge in [-0.1, -0.05) is 30.3 Å². The van der Waals surface area contributed by atoms with Gasteiger partial charge in [-0.2, -0.15) is 5.10 Å². The molecule has 4 aromatic rings. The van der Waals surface area contributed by atoms with E-state index >= 15 is 0 Å². The second-order valence-electron chi connectivity index (χ2n) is 7.64. The molecule has 0 aliphatic carbocycles. The summed E-state index contributed by atoms with van der Waals surface area (Å²) in [6, 6.07) is 19.0. The van der Waals surface area contributed by atoms with E-state index in [9.17, 15) is 19.7 Å². The number of carbonyl (C=O) groups is 1. The molecule has 33 heavy (non-hydrogen) atoms. The molecule has 0 saturated carbocycles. The number of nitrogens with one attached hydrogen (secondary N) is 1. The van der Waals surface area contributed by atoms with Crippen LogP contribution in [0.5, 0.6) is 0 Å². The maximum Gasteiger partial charge on any atom is 0.293 e. The van der Waals surface area contributed by atoms with Crippen molar-refractivity contribution in [2.24, 2.45) is 5.10 Å². The monoisotopic (exact) mass is 443 g/mol. The molecule has 0 unspecified atom stereocenters. The van der Waals surface area contributed by atoms with E-state index in [-0.39, 0.29) is 17.7 Å². The van der Waals surface area contributed by atoms with Crippen LogP contribution in [-0.2, 0) is 11.3 Å². The molecule has 0 spiro atoms. The normalized spacial score (nSPS) is 11.2. The van der Waals surface area contributed by atoms with Crippen LogP contribution in [0.15, 0.2) is 76.6 Å². The van der Waals surface area contributed by atoms with Gasteiger partial charge in [-0.3, -0.25) is 19.7 Å². The number of fused-ring (bicyclic) bond motifs is 2. The largest absolute Gasteiger partial charge is 0.372 e. The fourth-order valence-corrected chi connectivity index (χ4v) is 3.75. The Morgan fingerprint density at radius 3 is 2.24 bits per heavy atom. The van der Waals surface area contributed by atoms with Crippen LogP contribution in [0.2, 0.25) is 0 Å². The lowest BCUT2D eigenvalue weighted by molar-refractivity contribution is -0.384. The molecule has 0 bridgehead atoms. The molecule has 1 heterocycles. The Morgan fingerprint density at radius 2 is 1.67 bits per heavy atom. The summed E-state index contributed by atoms with van der Waals surface area (Å²) in [5, 5.41) is 16.4. The fourth-order valence-electron chi connectivity index (χ4n) is 3.75. The minimum absolute atomic E-state index is 0.0542. The first kappa shape index (κ1) is 21.7. The van der Waals surface area contributed by atoms with Crippen LogP contribution in [0, 0.1) is 10.1 Å². The zero-order valence-electron chi connectivity index (χ0n) is 18.1. The van der Waals surface area contributed by atoms with Gasteiger partial charge in [0.1, 0.15) is 12.2 Å². The third-order valence-corrected chi connectivity index (χ3v) is 5.26. The molecule has 1 N–H and O–H groups in total. The van der Waals surface area contributed by atoms with E-state index < -0.39 is 10.8 Å². The zero-order chi connectivity index (χ0) is 23.5. The topological polar surface area (TPSA) is 110 Å². The van der Waals surface area contributed by atoms with Gasteiger partial charge < -0.3 is 9.47 Å². The van der Waals surface area contributed by atoms with Gasteiger partial charge in [-0.05, 0) is 30.3 Å². The SMILES string of the molecule is CN(C)c1ccc(C=NNC(=O)Cn2c3ccccc3c(=O)c3ccccc32)cc1[N+](=O)[O-]. The molecule has 0 fully saturated rings. The Labute approximate surface area is 188 Å². The van der Waals surface area contributed by atoms with Gasteiger partial charge in [0.15, 0.2) is 5.43 Å².